The average molecular weight is 468 g/mol. The molecule has 0 unspecified atom stereocenters. The Morgan fingerprint density at radius 2 is 1.88 bits per heavy atom. The van der Waals surface area contributed by atoms with Gasteiger partial charge in [-0.3, -0.25) is 4.90 Å². The first-order chi connectivity index (χ1) is 12.5. The van der Waals surface area contributed by atoms with Gasteiger partial charge in [-0.15, -0.1) is 22.7 Å². The number of rotatable bonds is 5. The monoisotopic (exact) mass is 467 g/mol. The van der Waals surface area contributed by atoms with Crippen LogP contribution in [0.1, 0.15) is 21.4 Å². The van der Waals surface area contributed by atoms with E-state index in [2.05, 4.69) is 49.8 Å². The van der Waals surface area contributed by atoms with Gasteiger partial charge in [-0.1, -0.05) is 22.0 Å². The molecule has 0 spiro atoms. The van der Waals surface area contributed by atoms with Gasteiger partial charge in [0.05, 0.1) is 16.7 Å². The molecule has 3 nitrogen and oxygen atoms in total. The fraction of sp³-hybridized carbons (Fsp3) is 0.263. The van der Waals surface area contributed by atoms with E-state index in [1.807, 2.05) is 0 Å². The van der Waals surface area contributed by atoms with Crippen molar-refractivity contribution >= 4 is 48.4 Å². The molecule has 3 heterocycles. The molecule has 0 fully saturated rings. The van der Waals surface area contributed by atoms with Crippen LogP contribution < -0.4 is 0 Å². The molecule has 1 aliphatic rings. The maximum Gasteiger partial charge on any atom is 0.179 e. The first-order valence-corrected chi connectivity index (χ1v) is 12.6. The van der Waals surface area contributed by atoms with Crippen molar-refractivity contribution in [3.8, 4) is 0 Å². The lowest BCUT2D eigenvalue weighted by Gasteiger charge is -2.35. The van der Waals surface area contributed by atoms with Gasteiger partial charge in [-0.2, -0.15) is 0 Å². The van der Waals surface area contributed by atoms with Crippen molar-refractivity contribution in [1.82, 2.24) is 4.90 Å². The molecular weight excluding hydrogens is 450 g/mol. The van der Waals surface area contributed by atoms with Gasteiger partial charge in [0.25, 0.3) is 0 Å². The topological polar surface area (TPSA) is 37.4 Å². The average Bonchev–Trinajstić information content (AvgIpc) is 3.31. The fourth-order valence-electron chi connectivity index (χ4n) is 3.39. The lowest BCUT2D eigenvalue weighted by atomic mass is 9.99. The van der Waals surface area contributed by atoms with Crippen LogP contribution in [0.15, 0.2) is 62.6 Å². The van der Waals surface area contributed by atoms with E-state index in [-0.39, 0.29) is 11.8 Å². The number of fused-ring (bicyclic) bond motifs is 1. The summed E-state index contributed by atoms with van der Waals surface area (Å²) in [4.78, 5) is 5.42. The maximum absolute atomic E-state index is 12.7. The summed E-state index contributed by atoms with van der Waals surface area (Å²) in [5.74, 6) is 0.135. The molecule has 0 saturated heterocycles. The van der Waals surface area contributed by atoms with Crippen LogP contribution in [0.3, 0.4) is 0 Å². The molecule has 0 radical (unpaired) electrons. The predicted molar refractivity (Wildman–Crippen MR) is 112 cm³/mol. The van der Waals surface area contributed by atoms with Crippen molar-refractivity contribution in [2.24, 2.45) is 0 Å². The molecule has 3 aromatic rings. The molecule has 0 saturated carbocycles. The lowest BCUT2D eigenvalue weighted by Crippen LogP contribution is -2.38. The van der Waals surface area contributed by atoms with Crippen molar-refractivity contribution < 1.29 is 8.42 Å². The number of thiophene rings is 2. The first kappa shape index (κ1) is 18.4. The number of sulfone groups is 1. The molecule has 1 aliphatic heterocycles. The second kappa shape index (κ2) is 7.56. The zero-order valence-electron chi connectivity index (χ0n) is 14.0. The summed E-state index contributed by atoms with van der Waals surface area (Å²) in [7, 11) is -3.29. The molecule has 0 bridgehead atoms. The number of benzene rings is 1. The highest BCUT2D eigenvalue weighted by Gasteiger charge is 2.31. The number of hydrogen-bond acceptors (Lipinski definition) is 5. The number of hydrogen-bond donors (Lipinski definition) is 0. The molecule has 26 heavy (non-hydrogen) atoms. The van der Waals surface area contributed by atoms with Crippen LogP contribution in [0.5, 0.6) is 0 Å². The van der Waals surface area contributed by atoms with E-state index in [9.17, 15) is 8.42 Å². The summed E-state index contributed by atoms with van der Waals surface area (Å²) >= 11 is 6.90. The quantitative estimate of drug-likeness (QED) is 0.529. The normalized spacial score (nSPS) is 18.0. The fourth-order valence-corrected chi connectivity index (χ4v) is 6.69. The smallest absolute Gasteiger partial charge is 0.179 e. The molecular formula is C19H18BrNO2S3. The molecule has 1 aromatic carbocycles. The van der Waals surface area contributed by atoms with E-state index in [0.29, 0.717) is 11.4 Å². The minimum absolute atomic E-state index is 0.135. The molecule has 136 valence electrons. The van der Waals surface area contributed by atoms with Crippen LogP contribution in [-0.4, -0.2) is 32.2 Å². The van der Waals surface area contributed by atoms with Crippen molar-refractivity contribution in [3.63, 3.8) is 0 Å². The highest BCUT2D eigenvalue weighted by Crippen LogP contribution is 2.39. The third-order valence-electron chi connectivity index (χ3n) is 4.70. The Kier molecular flexibility index (Phi) is 5.34. The van der Waals surface area contributed by atoms with Crippen LogP contribution in [-0.2, 0) is 16.3 Å². The Hall–Kier alpha value is -0.990. The van der Waals surface area contributed by atoms with Crippen LogP contribution >= 0.6 is 38.6 Å². The zero-order chi connectivity index (χ0) is 18.1. The molecule has 2 aromatic heterocycles. The summed E-state index contributed by atoms with van der Waals surface area (Å²) in [6, 6.07) is 13.5. The van der Waals surface area contributed by atoms with E-state index in [4.69, 9.17) is 0 Å². The van der Waals surface area contributed by atoms with Gasteiger partial charge in [0.15, 0.2) is 9.84 Å². The summed E-state index contributed by atoms with van der Waals surface area (Å²) in [5.41, 5.74) is 1.34. The van der Waals surface area contributed by atoms with Crippen molar-refractivity contribution in [1.29, 1.82) is 0 Å². The van der Waals surface area contributed by atoms with Gasteiger partial charge < -0.3 is 0 Å². The second-order valence-electron chi connectivity index (χ2n) is 6.28. The number of halogens is 1. The Labute approximate surface area is 170 Å². The van der Waals surface area contributed by atoms with Gasteiger partial charge in [0.1, 0.15) is 0 Å². The third kappa shape index (κ3) is 3.68. The van der Waals surface area contributed by atoms with Gasteiger partial charge in [0.2, 0.25) is 0 Å². The van der Waals surface area contributed by atoms with Crippen LogP contribution in [0.2, 0.25) is 0 Å². The zero-order valence-corrected chi connectivity index (χ0v) is 18.0. The van der Waals surface area contributed by atoms with E-state index in [0.717, 1.165) is 17.4 Å². The predicted octanol–water partition coefficient (Wildman–Crippen LogP) is 4.99. The first-order valence-electron chi connectivity index (χ1n) is 8.37. The maximum atomic E-state index is 12.7. The van der Waals surface area contributed by atoms with Gasteiger partial charge in [0, 0.05) is 27.3 Å². The molecule has 7 heteroatoms. The highest BCUT2D eigenvalue weighted by atomic mass is 79.9. The summed E-state index contributed by atoms with van der Waals surface area (Å²) in [6.07, 6.45) is 0.993. The van der Waals surface area contributed by atoms with Gasteiger partial charge >= 0.3 is 0 Å². The standard InChI is InChI=1S/C19H18BrNO2S3/c20-14-3-5-15(6-4-14)26(22,23)13-10-21-9-7-17-16(8-12-25-17)19(21)18-2-1-11-24-18/h1-6,8,11-12,19H,7,9-10,13H2/t19-/m1/s1. The molecule has 4 rings (SSSR count). The summed E-state index contributed by atoms with van der Waals surface area (Å²) in [6.45, 7) is 1.43. The minimum Gasteiger partial charge on any atom is -0.290 e. The Bertz CT molecular complexity index is 978. The highest BCUT2D eigenvalue weighted by molar-refractivity contribution is 9.10. The van der Waals surface area contributed by atoms with E-state index >= 15 is 0 Å². The summed E-state index contributed by atoms with van der Waals surface area (Å²) < 4.78 is 26.4. The van der Waals surface area contributed by atoms with E-state index in [1.165, 1.54) is 15.3 Å². The van der Waals surface area contributed by atoms with Gasteiger partial charge in [-0.25, -0.2) is 8.42 Å². The Balaban J connectivity index is 1.56. The molecule has 0 amide bonds. The molecule has 1 atom stereocenters. The molecule has 0 N–H and O–H groups in total. The largest absolute Gasteiger partial charge is 0.290 e. The van der Waals surface area contributed by atoms with Crippen LogP contribution in [0.4, 0.5) is 0 Å². The summed E-state index contributed by atoms with van der Waals surface area (Å²) in [5, 5.41) is 4.24. The minimum atomic E-state index is -3.29. The van der Waals surface area contributed by atoms with E-state index in [1.54, 1.807) is 46.9 Å². The Morgan fingerprint density at radius 1 is 1.08 bits per heavy atom. The van der Waals surface area contributed by atoms with Crippen molar-refractivity contribution in [2.45, 2.75) is 17.4 Å². The third-order valence-corrected chi connectivity index (χ3v) is 8.86. The molecule has 0 aliphatic carbocycles. The van der Waals surface area contributed by atoms with Gasteiger partial charge in [-0.05, 0) is 59.1 Å². The van der Waals surface area contributed by atoms with Crippen LogP contribution in [0, 0.1) is 0 Å². The Morgan fingerprint density at radius 3 is 2.62 bits per heavy atom. The lowest BCUT2D eigenvalue weighted by molar-refractivity contribution is 0.231. The van der Waals surface area contributed by atoms with E-state index < -0.39 is 9.84 Å². The van der Waals surface area contributed by atoms with Crippen molar-refractivity contribution in [2.75, 3.05) is 18.8 Å². The second-order valence-corrected chi connectivity index (χ2v) is 11.3. The van der Waals surface area contributed by atoms with Crippen molar-refractivity contribution in [3.05, 3.63) is 73.0 Å². The SMILES string of the molecule is O=S(=O)(CCN1CCc2sccc2[C@@H]1c1cccs1)c1ccc(Br)cc1. The van der Waals surface area contributed by atoms with Crippen LogP contribution in [0.25, 0.3) is 0 Å². The number of nitrogens with zero attached hydrogens (tertiary/aromatic N) is 1.